The molecule has 98 valence electrons. The Bertz CT molecular complexity index is 622. The number of nitrogens with one attached hydrogen (secondary N) is 1. The van der Waals surface area contributed by atoms with E-state index in [1.807, 2.05) is 30.5 Å². The van der Waals surface area contributed by atoms with Gasteiger partial charge in [0.25, 0.3) is 5.91 Å². The lowest BCUT2D eigenvalue weighted by molar-refractivity contribution is 0.102. The molecule has 4 nitrogen and oxygen atoms in total. The Morgan fingerprint density at radius 3 is 3.05 bits per heavy atom. The van der Waals surface area contributed by atoms with E-state index in [9.17, 15) is 4.79 Å². The predicted molar refractivity (Wildman–Crippen MR) is 74.7 cm³/mol. The summed E-state index contributed by atoms with van der Waals surface area (Å²) in [5.74, 6) is 0.365. The van der Waals surface area contributed by atoms with E-state index in [1.165, 1.54) is 0 Å². The Hall–Kier alpha value is -1.75. The molecular weight excluding hydrogens is 260 g/mol. The Balaban J connectivity index is 1.85. The highest BCUT2D eigenvalue weighted by atomic mass is 32.2. The molecule has 0 unspecified atom stereocenters. The van der Waals surface area contributed by atoms with Gasteiger partial charge in [-0.05, 0) is 37.7 Å². The number of aryl methyl sites for hydroxylation is 1. The fourth-order valence-corrected chi connectivity index (χ4v) is 2.93. The summed E-state index contributed by atoms with van der Waals surface area (Å²) in [7, 11) is 0. The number of carbonyl (C=O) groups excluding carboxylic acids is 1. The van der Waals surface area contributed by atoms with Gasteiger partial charge < -0.3 is 4.52 Å². The lowest BCUT2D eigenvalue weighted by Crippen LogP contribution is -2.13. The molecule has 1 aromatic carbocycles. The summed E-state index contributed by atoms with van der Waals surface area (Å²) in [6.45, 7) is 0. The molecule has 1 aliphatic carbocycles. The van der Waals surface area contributed by atoms with Crippen molar-refractivity contribution in [2.75, 3.05) is 11.6 Å². The zero-order valence-corrected chi connectivity index (χ0v) is 11.4. The zero-order chi connectivity index (χ0) is 13.2. The van der Waals surface area contributed by atoms with E-state index in [0.717, 1.165) is 35.4 Å². The number of fused-ring (bicyclic) bond motifs is 1. The minimum absolute atomic E-state index is 0.143. The number of hydrogen-bond donors (Lipinski definition) is 1. The maximum absolute atomic E-state index is 12.3. The van der Waals surface area contributed by atoms with Crippen LogP contribution in [0.25, 0.3) is 0 Å². The number of thioether (sulfide) groups is 1. The number of rotatable bonds is 3. The maximum atomic E-state index is 12.3. The van der Waals surface area contributed by atoms with Gasteiger partial charge in [0.2, 0.25) is 5.88 Å². The molecule has 0 saturated heterocycles. The fraction of sp³-hybridized carbons (Fsp3) is 0.286. The molecule has 1 heterocycles. The first-order chi connectivity index (χ1) is 9.29. The molecule has 0 fully saturated rings. The van der Waals surface area contributed by atoms with Gasteiger partial charge in [0, 0.05) is 10.5 Å². The highest BCUT2D eigenvalue weighted by molar-refractivity contribution is 7.98. The largest absolute Gasteiger partial charge is 0.338 e. The van der Waals surface area contributed by atoms with Crippen LogP contribution in [0.2, 0.25) is 0 Å². The van der Waals surface area contributed by atoms with Gasteiger partial charge >= 0.3 is 0 Å². The lowest BCUT2D eigenvalue weighted by Gasteiger charge is -2.06. The SMILES string of the molecule is CSc1ccccc1C(=O)Nc1onc2c1CCC2. The molecule has 0 saturated carbocycles. The standard InChI is InChI=1S/C14H14N2O2S/c1-19-12-8-3-2-5-10(12)13(17)15-14-9-6-4-7-11(9)16-18-14/h2-3,5,8H,4,6-7H2,1H3,(H,15,17). The first kappa shape index (κ1) is 12.3. The average molecular weight is 274 g/mol. The molecule has 1 N–H and O–H groups in total. The van der Waals surface area contributed by atoms with Crippen molar-refractivity contribution in [3.63, 3.8) is 0 Å². The van der Waals surface area contributed by atoms with Gasteiger partial charge in [0.15, 0.2) is 0 Å². The van der Waals surface area contributed by atoms with Crippen LogP contribution in [0.4, 0.5) is 5.88 Å². The van der Waals surface area contributed by atoms with Crippen LogP contribution in [0, 0.1) is 0 Å². The first-order valence-corrected chi connectivity index (χ1v) is 7.44. The van der Waals surface area contributed by atoms with Gasteiger partial charge in [0.05, 0.1) is 11.3 Å². The third-order valence-corrected chi connectivity index (χ3v) is 4.08. The van der Waals surface area contributed by atoms with Crippen LogP contribution in [-0.2, 0) is 12.8 Å². The van der Waals surface area contributed by atoms with Gasteiger partial charge in [-0.25, -0.2) is 0 Å². The molecule has 19 heavy (non-hydrogen) atoms. The van der Waals surface area contributed by atoms with E-state index >= 15 is 0 Å². The van der Waals surface area contributed by atoms with Crippen molar-refractivity contribution in [3.8, 4) is 0 Å². The predicted octanol–water partition coefficient (Wildman–Crippen LogP) is 3.14. The number of anilines is 1. The molecule has 1 amide bonds. The number of aromatic nitrogens is 1. The maximum Gasteiger partial charge on any atom is 0.259 e. The number of nitrogens with zero attached hydrogens (tertiary/aromatic N) is 1. The van der Waals surface area contributed by atoms with Crippen LogP contribution in [0.15, 0.2) is 33.7 Å². The molecule has 2 aromatic rings. The third kappa shape index (κ3) is 2.26. The van der Waals surface area contributed by atoms with Crippen LogP contribution >= 0.6 is 11.8 Å². The Kier molecular flexibility index (Phi) is 3.29. The number of hydrogen-bond acceptors (Lipinski definition) is 4. The Labute approximate surface area is 115 Å². The second-order valence-corrected chi connectivity index (χ2v) is 5.29. The second-order valence-electron chi connectivity index (χ2n) is 4.44. The number of carbonyl (C=O) groups is 1. The summed E-state index contributed by atoms with van der Waals surface area (Å²) in [5, 5.41) is 6.82. The summed E-state index contributed by atoms with van der Waals surface area (Å²) in [5.41, 5.74) is 2.70. The molecule has 1 aliphatic rings. The van der Waals surface area contributed by atoms with E-state index in [0.29, 0.717) is 11.4 Å². The van der Waals surface area contributed by atoms with Crippen LogP contribution in [0.1, 0.15) is 28.0 Å². The van der Waals surface area contributed by atoms with Gasteiger partial charge in [-0.2, -0.15) is 0 Å². The summed E-state index contributed by atoms with van der Waals surface area (Å²) in [6.07, 6.45) is 4.91. The van der Waals surface area contributed by atoms with Gasteiger partial charge in [-0.1, -0.05) is 17.3 Å². The smallest absolute Gasteiger partial charge is 0.259 e. The summed E-state index contributed by atoms with van der Waals surface area (Å²) in [6, 6.07) is 7.54. The van der Waals surface area contributed by atoms with Crippen molar-refractivity contribution in [2.24, 2.45) is 0 Å². The molecule has 0 atom stereocenters. The van der Waals surface area contributed by atoms with Crippen molar-refractivity contribution in [1.29, 1.82) is 0 Å². The monoisotopic (exact) mass is 274 g/mol. The van der Waals surface area contributed by atoms with E-state index in [1.54, 1.807) is 11.8 Å². The normalized spacial score (nSPS) is 13.3. The highest BCUT2D eigenvalue weighted by Crippen LogP contribution is 2.29. The summed E-state index contributed by atoms with van der Waals surface area (Å²) in [4.78, 5) is 13.2. The molecule has 3 rings (SSSR count). The van der Waals surface area contributed by atoms with Crippen LogP contribution in [0.3, 0.4) is 0 Å². The van der Waals surface area contributed by atoms with Crippen LogP contribution in [0.5, 0.6) is 0 Å². The third-order valence-electron chi connectivity index (χ3n) is 3.29. The Morgan fingerprint density at radius 1 is 1.37 bits per heavy atom. The van der Waals surface area contributed by atoms with Gasteiger partial charge in [-0.3, -0.25) is 10.1 Å². The van der Waals surface area contributed by atoms with Crippen molar-refractivity contribution < 1.29 is 9.32 Å². The zero-order valence-electron chi connectivity index (χ0n) is 10.6. The topological polar surface area (TPSA) is 55.1 Å². The van der Waals surface area contributed by atoms with E-state index in [4.69, 9.17) is 4.52 Å². The summed E-state index contributed by atoms with van der Waals surface area (Å²) < 4.78 is 5.21. The van der Waals surface area contributed by atoms with Crippen LogP contribution < -0.4 is 5.32 Å². The molecule has 0 spiro atoms. The lowest BCUT2D eigenvalue weighted by atomic mass is 10.2. The molecular formula is C14H14N2O2S. The molecule has 5 heteroatoms. The molecule has 1 aromatic heterocycles. The molecule has 0 bridgehead atoms. The van der Waals surface area contributed by atoms with Crippen molar-refractivity contribution in [1.82, 2.24) is 5.16 Å². The minimum Gasteiger partial charge on any atom is -0.338 e. The molecule has 0 aliphatic heterocycles. The van der Waals surface area contributed by atoms with Crippen LogP contribution in [-0.4, -0.2) is 17.3 Å². The van der Waals surface area contributed by atoms with Crippen molar-refractivity contribution in [3.05, 3.63) is 41.1 Å². The number of amides is 1. The molecule has 0 radical (unpaired) electrons. The van der Waals surface area contributed by atoms with Crippen molar-refractivity contribution in [2.45, 2.75) is 24.2 Å². The summed E-state index contributed by atoms with van der Waals surface area (Å²) >= 11 is 1.55. The van der Waals surface area contributed by atoms with Crippen molar-refractivity contribution >= 4 is 23.6 Å². The fourth-order valence-electron chi connectivity index (χ4n) is 2.33. The number of benzene rings is 1. The minimum atomic E-state index is -0.143. The van der Waals surface area contributed by atoms with E-state index < -0.39 is 0 Å². The first-order valence-electron chi connectivity index (χ1n) is 6.21. The van der Waals surface area contributed by atoms with Gasteiger partial charge in [0.1, 0.15) is 0 Å². The quantitative estimate of drug-likeness (QED) is 0.874. The van der Waals surface area contributed by atoms with E-state index in [2.05, 4.69) is 10.5 Å². The van der Waals surface area contributed by atoms with Gasteiger partial charge in [-0.15, -0.1) is 11.8 Å². The average Bonchev–Trinajstić information content (AvgIpc) is 3.03. The Morgan fingerprint density at radius 2 is 2.21 bits per heavy atom. The highest BCUT2D eigenvalue weighted by Gasteiger charge is 2.23. The second kappa shape index (κ2) is 5.09. The van der Waals surface area contributed by atoms with E-state index in [-0.39, 0.29) is 5.91 Å².